The summed E-state index contributed by atoms with van der Waals surface area (Å²) in [7, 11) is 0. The molecule has 0 aromatic carbocycles. The molecule has 18 heavy (non-hydrogen) atoms. The molecule has 0 aromatic heterocycles. The smallest absolute Gasteiger partial charge is 0.310 e. The lowest BCUT2D eigenvalue weighted by Gasteiger charge is -2.40. The number of hydrogen-bond donors (Lipinski definition) is 1. The van der Waals surface area contributed by atoms with Crippen LogP contribution in [0.3, 0.4) is 0 Å². The van der Waals surface area contributed by atoms with Gasteiger partial charge in [-0.1, -0.05) is 27.2 Å². The van der Waals surface area contributed by atoms with Gasteiger partial charge in [-0.25, -0.2) is 0 Å². The lowest BCUT2D eigenvalue weighted by atomic mass is 9.74. The van der Waals surface area contributed by atoms with Crippen LogP contribution in [0.25, 0.3) is 0 Å². The van der Waals surface area contributed by atoms with Crippen molar-refractivity contribution in [1.82, 2.24) is 4.90 Å². The normalized spacial score (nSPS) is 36.7. The Morgan fingerprint density at radius 2 is 2.11 bits per heavy atom. The third-order valence-corrected chi connectivity index (χ3v) is 5.21. The summed E-state index contributed by atoms with van der Waals surface area (Å²) < 4.78 is 0. The van der Waals surface area contributed by atoms with Crippen molar-refractivity contribution in [2.75, 3.05) is 13.1 Å². The Balaban J connectivity index is 2.02. The van der Waals surface area contributed by atoms with E-state index in [9.17, 15) is 9.90 Å². The first-order chi connectivity index (χ1) is 8.38. The predicted octanol–water partition coefficient (Wildman–Crippen LogP) is 3.14. The highest BCUT2D eigenvalue weighted by atomic mass is 16.4. The fourth-order valence-corrected chi connectivity index (χ4v) is 3.80. The van der Waals surface area contributed by atoms with E-state index in [1.54, 1.807) is 0 Å². The minimum absolute atomic E-state index is 0.434. The van der Waals surface area contributed by atoms with Crippen molar-refractivity contribution in [1.29, 1.82) is 0 Å². The van der Waals surface area contributed by atoms with E-state index in [2.05, 4.69) is 18.7 Å². The molecule has 1 saturated heterocycles. The molecule has 0 radical (unpaired) electrons. The highest BCUT2D eigenvalue weighted by molar-refractivity contribution is 5.75. The van der Waals surface area contributed by atoms with Gasteiger partial charge in [0.05, 0.1) is 5.41 Å². The maximum Gasteiger partial charge on any atom is 0.310 e. The van der Waals surface area contributed by atoms with E-state index in [0.29, 0.717) is 11.5 Å². The standard InChI is InChI=1S/C15H27NO2/c1-4-15(13(17)18)8-9-16(11-15)12-6-5-7-14(2,3)10-12/h12H,4-11H2,1-3H3,(H,17,18). The van der Waals surface area contributed by atoms with Crippen molar-refractivity contribution >= 4 is 5.97 Å². The Morgan fingerprint density at radius 3 is 2.61 bits per heavy atom. The summed E-state index contributed by atoms with van der Waals surface area (Å²) in [6, 6.07) is 0.613. The largest absolute Gasteiger partial charge is 0.481 e. The van der Waals surface area contributed by atoms with Crippen molar-refractivity contribution in [3.63, 3.8) is 0 Å². The van der Waals surface area contributed by atoms with Crippen LogP contribution < -0.4 is 0 Å². The molecule has 0 spiro atoms. The number of rotatable bonds is 3. The first-order valence-electron chi connectivity index (χ1n) is 7.36. The lowest BCUT2D eigenvalue weighted by molar-refractivity contribution is -0.148. The third-order valence-electron chi connectivity index (χ3n) is 5.21. The molecule has 0 bridgehead atoms. The van der Waals surface area contributed by atoms with Crippen LogP contribution in [0, 0.1) is 10.8 Å². The monoisotopic (exact) mass is 253 g/mol. The first kappa shape index (κ1) is 13.9. The Labute approximate surface area is 111 Å². The number of carboxylic acid groups (broad SMARTS) is 1. The van der Waals surface area contributed by atoms with E-state index in [1.807, 2.05) is 6.92 Å². The molecule has 2 fully saturated rings. The van der Waals surface area contributed by atoms with Gasteiger partial charge in [-0.05, 0) is 44.1 Å². The first-order valence-corrected chi connectivity index (χ1v) is 7.36. The van der Waals surface area contributed by atoms with Gasteiger partial charge in [0.15, 0.2) is 0 Å². The predicted molar refractivity (Wildman–Crippen MR) is 72.6 cm³/mol. The van der Waals surface area contributed by atoms with Crippen molar-refractivity contribution in [2.45, 2.75) is 65.3 Å². The molecule has 1 N–H and O–H groups in total. The minimum Gasteiger partial charge on any atom is -0.481 e. The highest BCUT2D eigenvalue weighted by Gasteiger charge is 2.46. The average molecular weight is 253 g/mol. The van der Waals surface area contributed by atoms with E-state index >= 15 is 0 Å². The third kappa shape index (κ3) is 2.56. The Morgan fingerprint density at radius 1 is 1.39 bits per heavy atom. The van der Waals surface area contributed by atoms with Crippen LogP contribution in [0.5, 0.6) is 0 Å². The fourth-order valence-electron chi connectivity index (χ4n) is 3.80. The van der Waals surface area contributed by atoms with Crippen LogP contribution in [0.4, 0.5) is 0 Å². The summed E-state index contributed by atoms with van der Waals surface area (Å²) >= 11 is 0. The van der Waals surface area contributed by atoms with Crippen molar-refractivity contribution < 1.29 is 9.90 Å². The van der Waals surface area contributed by atoms with Gasteiger partial charge in [0.1, 0.15) is 0 Å². The molecule has 2 aliphatic rings. The Kier molecular flexibility index (Phi) is 3.72. The van der Waals surface area contributed by atoms with Gasteiger partial charge in [0.2, 0.25) is 0 Å². The zero-order valence-electron chi connectivity index (χ0n) is 12.0. The number of carbonyl (C=O) groups is 1. The molecular formula is C15H27NO2. The number of aliphatic carboxylic acids is 1. The summed E-state index contributed by atoms with van der Waals surface area (Å²) in [4.78, 5) is 13.9. The number of likely N-dealkylation sites (tertiary alicyclic amines) is 1. The second-order valence-corrected chi connectivity index (χ2v) is 7.07. The van der Waals surface area contributed by atoms with Crippen LogP contribution in [-0.4, -0.2) is 35.1 Å². The zero-order chi connectivity index (χ0) is 13.4. The van der Waals surface area contributed by atoms with Crippen molar-refractivity contribution in [3.8, 4) is 0 Å². The molecule has 104 valence electrons. The van der Waals surface area contributed by atoms with Crippen molar-refractivity contribution in [2.24, 2.45) is 10.8 Å². The summed E-state index contributed by atoms with van der Waals surface area (Å²) in [5.41, 5.74) is -0.0365. The summed E-state index contributed by atoms with van der Waals surface area (Å²) in [6.45, 7) is 8.45. The zero-order valence-corrected chi connectivity index (χ0v) is 12.0. The number of carboxylic acids is 1. The molecule has 1 heterocycles. The van der Waals surface area contributed by atoms with Crippen LogP contribution >= 0.6 is 0 Å². The van der Waals surface area contributed by atoms with Crippen molar-refractivity contribution in [3.05, 3.63) is 0 Å². The van der Waals surface area contributed by atoms with Gasteiger partial charge >= 0.3 is 5.97 Å². The van der Waals surface area contributed by atoms with E-state index in [4.69, 9.17) is 0 Å². The molecular weight excluding hydrogens is 226 g/mol. The molecule has 1 aliphatic carbocycles. The van der Waals surface area contributed by atoms with Gasteiger partial charge in [-0.15, -0.1) is 0 Å². The Hall–Kier alpha value is -0.570. The number of hydrogen-bond acceptors (Lipinski definition) is 2. The van der Waals surface area contributed by atoms with Crippen LogP contribution in [0.2, 0.25) is 0 Å². The quantitative estimate of drug-likeness (QED) is 0.840. The highest BCUT2D eigenvalue weighted by Crippen LogP contribution is 2.42. The van der Waals surface area contributed by atoms with Gasteiger partial charge in [-0.2, -0.15) is 0 Å². The maximum atomic E-state index is 11.5. The van der Waals surface area contributed by atoms with E-state index in [0.717, 1.165) is 25.9 Å². The molecule has 3 heteroatoms. The van der Waals surface area contributed by atoms with Gasteiger partial charge in [-0.3, -0.25) is 9.69 Å². The lowest BCUT2D eigenvalue weighted by Crippen LogP contribution is -2.42. The minimum atomic E-state index is -0.595. The molecule has 0 amide bonds. The molecule has 0 aromatic rings. The second-order valence-electron chi connectivity index (χ2n) is 7.07. The average Bonchev–Trinajstić information content (AvgIpc) is 2.73. The molecule has 2 atom stereocenters. The SMILES string of the molecule is CCC1(C(=O)O)CCN(C2CCCC(C)(C)C2)C1. The van der Waals surface area contributed by atoms with Gasteiger partial charge in [0, 0.05) is 12.6 Å². The fraction of sp³-hybridized carbons (Fsp3) is 0.933. The Bertz CT molecular complexity index is 326. The molecule has 1 aliphatic heterocycles. The number of nitrogens with zero attached hydrogens (tertiary/aromatic N) is 1. The second kappa shape index (κ2) is 4.84. The molecule has 1 saturated carbocycles. The topological polar surface area (TPSA) is 40.5 Å². The summed E-state index contributed by atoms with van der Waals surface area (Å²) in [6.07, 6.45) is 6.68. The van der Waals surface area contributed by atoms with Crippen LogP contribution in [0.15, 0.2) is 0 Å². The van der Waals surface area contributed by atoms with Gasteiger partial charge in [0.25, 0.3) is 0 Å². The van der Waals surface area contributed by atoms with E-state index in [-0.39, 0.29) is 0 Å². The molecule has 2 unspecified atom stereocenters. The van der Waals surface area contributed by atoms with Gasteiger partial charge < -0.3 is 5.11 Å². The van der Waals surface area contributed by atoms with Crippen LogP contribution in [-0.2, 0) is 4.79 Å². The molecule has 2 rings (SSSR count). The summed E-state index contributed by atoms with van der Waals surface area (Å²) in [5.74, 6) is -0.595. The summed E-state index contributed by atoms with van der Waals surface area (Å²) in [5, 5.41) is 9.46. The molecule has 3 nitrogen and oxygen atoms in total. The van der Waals surface area contributed by atoms with E-state index in [1.165, 1.54) is 25.7 Å². The van der Waals surface area contributed by atoms with Crippen LogP contribution in [0.1, 0.15) is 59.3 Å². The maximum absolute atomic E-state index is 11.5. The van der Waals surface area contributed by atoms with E-state index < -0.39 is 11.4 Å².